The average molecular weight is 834 g/mol. The zero-order valence-electron chi connectivity index (χ0n) is 29.6. The molecule has 0 N–H and O–H groups in total. The molecule has 6 heteroatoms. The summed E-state index contributed by atoms with van der Waals surface area (Å²) in [6.07, 6.45) is 3.93. The van der Waals surface area contributed by atoms with Crippen molar-refractivity contribution >= 4 is 39.0 Å². The normalized spacial score (nSPS) is 14.1. The number of rotatable bonds is 4. The Morgan fingerprint density at radius 3 is 2.24 bits per heavy atom. The van der Waals surface area contributed by atoms with E-state index in [1.807, 2.05) is 42.6 Å². The first kappa shape index (κ1) is 33.8. The molecular formula is C44H41IrN4O. The minimum atomic E-state index is -0.140. The van der Waals surface area contributed by atoms with E-state index in [-0.39, 0.29) is 25.5 Å². The van der Waals surface area contributed by atoms with E-state index < -0.39 is 0 Å². The van der Waals surface area contributed by atoms with Crippen LogP contribution >= 0.6 is 0 Å². The molecule has 0 saturated heterocycles. The summed E-state index contributed by atoms with van der Waals surface area (Å²) in [6.45, 7) is 15.8. The maximum absolute atomic E-state index is 6.13. The molecule has 0 aliphatic carbocycles. The number of imidazole rings is 1. The van der Waals surface area contributed by atoms with Crippen molar-refractivity contribution in [1.82, 2.24) is 9.55 Å². The summed E-state index contributed by atoms with van der Waals surface area (Å²) >= 11 is 0. The van der Waals surface area contributed by atoms with Gasteiger partial charge in [0.2, 0.25) is 0 Å². The van der Waals surface area contributed by atoms with E-state index >= 15 is 0 Å². The summed E-state index contributed by atoms with van der Waals surface area (Å²) in [4.78, 5) is 9.07. The van der Waals surface area contributed by atoms with Crippen LogP contribution in [0, 0.1) is 18.8 Å². The van der Waals surface area contributed by atoms with Gasteiger partial charge in [0.1, 0.15) is 5.58 Å². The Kier molecular flexibility index (Phi) is 8.74. The minimum Gasteiger partial charge on any atom is -0.516 e. The molecule has 0 fully saturated rings. The first-order valence-corrected chi connectivity index (χ1v) is 17.2. The molecule has 2 aromatic heterocycles. The van der Waals surface area contributed by atoms with E-state index in [0.29, 0.717) is 11.8 Å². The number of hydrogen-bond acceptors (Lipinski definition) is 4. The second kappa shape index (κ2) is 12.9. The van der Waals surface area contributed by atoms with E-state index in [2.05, 4.69) is 148 Å². The predicted molar refractivity (Wildman–Crippen MR) is 202 cm³/mol. The molecule has 0 saturated carbocycles. The van der Waals surface area contributed by atoms with Gasteiger partial charge >= 0.3 is 20.1 Å². The fraction of sp³-hybridized carbons (Fsp3) is 0.227. The summed E-state index contributed by atoms with van der Waals surface area (Å²) < 4.78 is 8.35. The van der Waals surface area contributed by atoms with E-state index in [1.165, 1.54) is 50.1 Å². The molecule has 252 valence electrons. The van der Waals surface area contributed by atoms with Gasteiger partial charge in [-0.3, -0.25) is 4.98 Å². The van der Waals surface area contributed by atoms with Gasteiger partial charge in [0.15, 0.2) is 0 Å². The van der Waals surface area contributed by atoms with Gasteiger partial charge in [-0.15, -0.1) is 47.5 Å². The van der Waals surface area contributed by atoms with Gasteiger partial charge in [-0.25, -0.2) is 0 Å². The summed E-state index contributed by atoms with van der Waals surface area (Å²) in [5.41, 5.74) is 13.0. The average Bonchev–Trinajstić information content (AvgIpc) is 3.83. The van der Waals surface area contributed by atoms with E-state index in [9.17, 15) is 0 Å². The largest absolute Gasteiger partial charge is 3.00 e. The van der Waals surface area contributed by atoms with Gasteiger partial charge in [0, 0.05) is 40.4 Å². The Bertz CT molecular complexity index is 2310. The predicted octanol–water partition coefficient (Wildman–Crippen LogP) is 11.3. The number of hydrogen-bond donors (Lipinski definition) is 0. The van der Waals surface area contributed by atoms with Crippen LogP contribution in [0.5, 0.6) is 0 Å². The van der Waals surface area contributed by atoms with Crippen molar-refractivity contribution in [1.29, 1.82) is 0 Å². The van der Waals surface area contributed by atoms with Crippen molar-refractivity contribution in [3.8, 4) is 17.1 Å². The Labute approximate surface area is 308 Å². The van der Waals surface area contributed by atoms with Crippen LogP contribution in [0.15, 0.2) is 108 Å². The standard InChI is InChI=1S/C23H18N2O.C21H23N2.Ir/c1-23(2)15-8-6-9-17-22(15)25(13-24(17)3)16-11-12-19-20(21(16)23)14-7-4-5-10-18(14)26-19;1-15(2)18-11-8-12-19(16(3)4)20(18)23-14-13-22-21(23)17-9-6-5-7-10-17;/h4-10,12-13H,1-3H3;5-9,11-16H,1-4H3;/q-2;-1;+3. The van der Waals surface area contributed by atoms with Crippen molar-refractivity contribution in [2.24, 2.45) is 0 Å². The fourth-order valence-electron chi connectivity index (χ4n) is 7.72. The monoisotopic (exact) mass is 834 g/mol. The second-order valence-electron chi connectivity index (χ2n) is 14.2. The molecule has 5 nitrogen and oxygen atoms in total. The van der Waals surface area contributed by atoms with Crippen molar-refractivity contribution < 1.29 is 24.5 Å². The van der Waals surface area contributed by atoms with Crippen LogP contribution in [0.1, 0.15) is 75.6 Å². The number of benzene rings is 5. The van der Waals surface area contributed by atoms with Crippen LogP contribution < -0.4 is 9.80 Å². The van der Waals surface area contributed by atoms with Crippen LogP contribution in [-0.2, 0) is 25.5 Å². The van der Waals surface area contributed by atoms with Crippen molar-refractivity contribution in [2.75, 3.05) is 16.8 Å². The third-order valence-electron chi connectivity index (χ3n) is 10.1. The molecule has 0 amide bonds. The minimum absolute atomic E-state index is 0. The topological polar surface area (TPSA) is 37.4 Å². The molecule has 0 spiro atoms. The van der Waals surface area contributed by atoms with Crippen LogP contribution in [0.2, 0.25) is 0 Å². The molecule has 2 aliphatic rings. The molecule has 4 heterocycles. The van der Waals surface area contributed by atoms with Crippen LogP contribution in [0.25, 0.3) is 39.0 Å². The third-order valence-corrected chi connectivity index (χ3v) is 10.1. The quantitative estimate of drug-likeness (QED) is 0.166. The second-order valence-corrected chi connectivity index (χ2v) is 14.2. The van der Waals surface area contributed by atoms with Gasteiger partial charge in [0.25, 0.3) is 0 Å². The summed E-state index contributed by atoms with van der Waals surface area (Å²) in [5, 5.41) is 2.38. The number of para-hydroxylation sites is 3. The molecule has 0 atom stereocenters. The maximum Gasteiger partial charge on any atom is 3.00 e. The molecule has 9 rings (SSSR count). The zero-order valence-corrected chi connectivity index (χ0v) is 32.0. The SMILES string of the molecule is CC(C)c1cccc(C(C)C)c1-n1ccnc1-c1[c-]cccc1.CN1[CH-]N2c3[c-]cc4oc5ccccc5c4c3C(C)(C)c3cccc1c32.[Ir+3]. The molecular weight excluding hydrogens is 793 g/mol. The summed E-state index contributed by atoms with van der Waals surface area (Å²) in [7, 11) is 2.10. The molecule has 7 aromatic rings. The number of fused-ring (bicyclic) bond motifs is 6. The molecule has 5 aromatic carbocycles. The number of anilines is 3. The van der Waals surface area contributed by atoms with Crippen LogP contribution in [-0.4, -0.2) is 16.6 Å². The Balaban J connectivity index is 0.000000155. The van der Waals surface area contributed by atoms with Crippen LogP contribution in [0.4, 0.5) is 17.1 Å². The van der Waals surface area contributed by atoms with E-state index in [1.54, 1.807) is 0 Å². The van der Waals surface area contributed by atoms with Crippen LogP contribution in [0.3, 0.4) is 0 Å². The molecule has 0 unspecified atom stereocenters. The van der Waals surface area contributed by atoms with Gasteiger partial charge < -0.3 is 18.8 Å². The Hall–Kier alpha value is -4.64. The third kappa shape index (κ3) is 5.28. The first-order chi connectivity index (χ1) is 23.7. The van der Waals surface area contributed by atoms with Gasteiger partial charge in [-0.2, -0.15) is 12.7 Å². The maximum atomic E-state index is 6.13. The Morgan fingerprint density at radius 2 is 1.52 bits per heavy atom. The first-order valence-electron chi connectivity index (χ1n) is 17.2. The van der Waals surface area contributed by atoms with E-state index in [0.717, 1.165) is 28.2 Å². The Morgan fingerprint density at radius 1 is 0.800 bits per heavy atom. The van der Waals surface area contributed by atoms with E-state index in [4.69, 9.17) is 4.42 Å². The van der Waals surface area contributed by atoms with Crippen molar-refractivity contribution in [2.45, 2.75) is 58.8 Å². The van der Waals surface area contributed by atoms with Crippen molar-refractivity contribution in [3.63, 3.8) is 0 Å². The summed E-state index contributed by atoms with van der Waals surface area (Å²) in [5.74, 6) is 1.86. The number of furan rings is 1. The summed E-state index contributed by atoms with van der Waals surface area (Å²) in [6, 6.07) is 38.3. The van der Waals surface area contributed by atoms with Gasteiger partial charge in [0.05, 0.1) is 5.82 Å². The number of aromatic nitrogens is 2. The molecule has 2 aliphatic heterocycles. The molecule has 0 radical (unpaired) electrons. The molecule has 50 heavy (non-hydrogen) atoms. The van der Waals surface area contributed by atoms with Crippen molar-refractivity contribution in [3.05, 3.63) is 144 Å². The number of nitrogens with zero attached hydrogens (tertiary/aromatic N) is 4. The van der Waals surface area contributed by atoms with Gasteiger partial charge in [-0.1, -0.05) is 101 Å². The van der Waals surface area contributed by atoms with Gasteiger partial charge in [-0.05, 0) is 53.1 Å². The fourth-order valence-corrected chi connectivity index (χ4v) is 7.72. The zero-order chi connectivity index (χ0) is 34.0. The smallest absolute Gasteiger partial charge is 0.516 e. The molecule has 0 bridgehead atoms.